The number of ether oxygens (including phenoxy) is 3. The van der Waals surface area contributed by atoms with Crippen LogP contribution in [-0.4, -0.2) is 31.6 Å². The summed E-state index contributed by atoms with van der Waals surface area (Å²) in [6, 6.07) is 0. The molecule has 1 saturated heterocycles. The Balaban J connectivity index is 2.01. The molecule has 0 aliphatic carbocycles. The van der Waals surface area contributed by atoms with Crippen molar-refractivity contribution in [3.05, 3.63) is 0 Å². The van der Waals surface area contributed by atoms with Crippen LogP contribution in [0.25, 0.3) is 0 Å². The molecule has 0 bridgehead atoms. The van der Waals surface area contributed by atoms with Gasteiger partial charge < -0.3 is 14.2 Å². The van der Waals surface area contributed by atoms with Crippen LogP contribution in [0.4, 0.5) is 4.79 Å². The predicted molar refractivity (Wildman–Crippen MR) is 72.8 cm³/mol. The van der Waals surface area contributed by atoms with Crippen LogP contribution >= 0.6 is 0 Å². The summed E-state index contributed by atoms with van der Waals surface area (Å²) in [6.07, 6.45) is 11.4. The molecule has 4 nitrogen and oxygen atoms in total. The lowest BCUT2D eigenvalue weighted by molar-refractivity contribution is 0.00482. The van der Waals surface area contributed by atoms with Gasteiger partial charge in [0.15, 0.2) is 6.10 Å². The lowest BCUT2D eigenvalue weighted by atomic mass is 10.1. The third-order valence-electron chi connectivity index (χ3n) is 3.17. The first-order chi connectivity index (χ1) is 9.27. The average Bonchev–Trinajstić information content (AvgIpc) is 2.85. The molecule has 19 heavy (non-hydrogen) atoms. The largest absolute Gasteiger partial charge is 0.508 e. The van der Waals surface area contributed by atoms with Crippen LogP contribution in [0.3, 0.4) is 0 Å². The summed E-state index contributed by atoms with van der Waals surface area (Å²) in [5.41, 5.74) is 0. The van der Waals surface area contributed by atoms with Crippen molar-refractivity contribution in [3.8, 4) is 12.3 Å². The van der Waals surface area contributed by atoms with Gasteiger partial charge in [0, 0.05) is 6.42 Å². The van der Waals surface area contributed by atoms with Crippen LogP contribution in [0.15, 0.2) is 0 Å². The quantitative estimate of drug-likeness (QED) is 0.385. The molecule has 2 atom stereocenters. The molecular formula is C15H24O4. The van der Waals surface area contributed by atoms with E-state index in [4.69, 9.17) is 20.6 Å². The smallest absolute Gasteiger partial charge is 0.434 e. The highest BCUT2D eigenvalue weighted by Gasteiger charge is 2.30. The first kappa shape index (κ1) is 15.8. The fourth-order valence-corrected chi connectivity index (χ4v) is 2.04. The Morgan fingerprint density at radius 2 is 2.05 bits per heavy atom. The summed E-state index contributed by atoms with van der Waals surface area (Å²) >= 11 is 0. The number of carbonyl (C=O) groups is 1. The molecule has 0 aromatic heterocycles. The van der Waals surface area contributed by atoms with Crippen molar-refractivity contribution in [1.29, 1.82) is 0 Å². The van der Waals surface area contributed by atoms with Crippen LogP contribution in [0.2, 0.25) is 0 Å². The Labute approximate surface area is 115 Å². The standard InChI is InChI=1S/C15H24O4/c1-3-5-6-7-8-9-11-18-15(16)19-14-10-12-17-13(14)4-2/h2,13-14H,3,5-12H2,1H3. The molecule has 0 radical (unpaired) electrons. The second-order valence-corrected chi connectivity index (χ2v) is 4.77. The SMILES string of the molecule is C#CC1OCCC1OC(=O)OCCCCCCCC. The van der Waals surface area contributed by atoms with E-state index >= 15 is 0 Å². The van der Waals surface area contributed by atoms with E-state index < -0.39 is 12.3 Å². The zero-order chi connectivity index (χ0) is 13.9. The monoisotopic (exact) mass is 268 g/mol. The molecule has 1 heterocycles. The summed E-state index contributed by atoms with van der Waals surface area (Å²) in [6.45, 7) is 3.14. The summed E-state index contributed by atoms with van der Waals surface area (Å²) in [7, 11) is 0. The number of hydrogen-bond donors (Lipinski definition) is 0. The molecule has 0 aromatic carbocycles. The van der Waals surface area contributed by atoms with Crippen LogP contribution in [-0.2, 0) is 14.2 Å². The lowest BCUT2D eigenvalue weighted by Gasteiger charge is -2.14. The molecule has 0 amide bonds. The van der Waals surface area contributed by atoms with Crippen molar-refractivity contribution in [2.75, 3.05) is 13.2 Å². The predicted octanol–water partition coefficient (Wildman–Crippen LogP) is 3.29. The highest BCUT2D eigenvalue weighted by atomic mass is 16.7. The van der Waals surface area contributed by atoms with E-state index in [1.807, 2.05) is 0 Å². The van der Waals surface area contributed by atoms with Gasteiger partial charge in [-0.15, -0.1) is 6.42 Å². The van der Waals surface area contributed by atoms with Crippen LogP contribution in [0.5, 0.6) is 0 Å². The second kappa shape index (κ2) is 9.69. The molecule has 1 aliphatic rings. The molecule has 1 aliphatic heterocycles. The van der Waals surface area contributed by atoms with Crippen LogP contribution < -0.4 is 0 Å². The highest BCUT2D eigenvalue weighted by molar-refractivity contribution is 5.60. The molecule has 2 unspecified atom stereocenters. The second-order valence-electron chi connectivity index (χ2n) is 4.77. The summed E-state index contributed by atoms with van der Waals surface area (Å²) < 4.78 is 15.4. The zero-order valence-corrected chi connectivity index (χ0v) is 11.7. The van der Waals surface area contributed by atoms with Crippen molar-refractivity contribution in [2.45, 2.75) is 64.1 Å². The van der Waals surface area contributed by atoms with Crippen LogP contribution in [0.1, 0.15) is 51.9 Å². The summed E-state index contributed by atoms with van der Waals surface area (Å²) in [5.74, 6) is 2.46. The minimum Gasteiger partial charge on any atom is -0.434 e. The van der Waals surface area contributed by atoms with Gasteiger partial charge in [-0.05, 0) is 6.42 Å². The first-order valence-electron chi connectivity index (χ1n) is 7.19. The molecule has 1 rings (SSSR count). The van der Waals surface area contributed by atoms with E-state index in [1.54, 1.807) is 0 Å². The molecule has 108 valence electrons. The molecular weight excluding hydrogens is 244 g/mol. The molecule has 0 saturated carbocycles. The Morgan fingerprint density at radius 3 is 2.79 bits per heavy atom. The summed E-state index contributed by atoms with van der Waals surface area (Å²) in [4.78, 5) is 11.4. The Kier molecular flexibility index (Phi) is 8.08. The fourth-order valence-electron chi connectivity index (χ4n) is 2.04. The van der Waals surface area contributed by atoms with Crippen molar-refractivity contribution in [3.63, 3.8) is 0 Å². The van der Waals surface area contributed by atoms with E-state index in [0.717, 1.165) is 12.8 Å². The minimum atomic E-state index is -0.635. The maximum atomic E-state index is 11.4. The van der Waals surface area contributed by atoms with Gasteiger partial charge in [0.25, 0.3) is 0 Å². The molecule has 4 heteroatoms. The highest BCUT2D eigenvalue weighted by Crippen LogP contribution is 2.17. The molecule has 0 aromatic rings. The normalized spacial score (nSPS) is 21.9. The van der Waals surface area contributed by atoms with Gasteiger partial charge in [-0.25, -0.2) is 4.79 Å². The molecule has 1 fully saturated rings. The van der Waals surface area contributed by atoms with Crippen molar-refractivity contribution in [1.82, 2.24) is 0 Å². The maximum Gasteiger partial charge on any atom is 0.508 e. The first-order valence-corrected chi connectivity index (χ1v) is 7.19. The zero-order valence-electron chi connectivity index (χ0n) is 11.7. The van der Waals surface area contributed by atoms with Gasteiger partial charge in [-0.1, -0.05) is 44.9 Å². The van der Waals surface area contributed by atoms with Gasteiger partial charge >= 0.3 is 6.16 Å². The van der Waals surface area contributed by atoms with E-state index in [1.165, 1.54) is 25.7 Å². The number of hydrogen-bond acceptors (Lipinski definition) is 4. The Morgan fingerprint density at radius 1 is 1.32 bits per heavy atom. The number of unbranched alkanes of at least 4 members (excludes halogenated alkanes) is 5. The van der Waals surface area contributed by atoms with Crippen molar-refractivity contribution in [2.24, 2.45) is 0 Å². The Hall–Kier alpha value is -1.21. The lowest BCUT2D eigenvalue weighted by Crippen LogP contribution is -2.26. The van der Waals surface area contributed by atoms with Gasteiger partial charge in [0.2, 0.25) is 0 Å². The van der Waals surface area contributed by atoms with E-state index in [-0.39, 0.29) is 6.10 Å². The van der Waals surface area contributed by atoms with Gasteiger partial charge in [-0.3, -0.25) is 0 Å². The van der Waals surface area contributed by atoms with Crippen molar-refractivity contribution < 1.29 is 19.0 Å². The Bertz CT molecular complexity index is 295. The van der Waals surface area contributed by atoms with E-state index in [9.17, 15) is 4.79 Å². The number of carbonyl (C=O) groups excluding carboxylic acids is 1. The number of rotatable bonds is 8. The van der Waals surface area contributed by atoms with Crippen LogP contribution in [0, 0.1) is 12.3 Å². The number of terminal acetylenes is 1. The van der Waals surface area contributed by atoms with Gasteiger partial charge in [-0.2, -0.15) is 0 Å². The molecule has 0 spiro atoms. The van der Waals surface area contributed by atoms with Gasteiger partial charge in [0.05, 0.1) is 13.2 Å². The summed E-state index contributed by atoms with van der Waals surface area (Å²) in [5, 5.41) is 0. The maximum absolute atomic E-state index is 11.4. The third kappa shape index (κ3) is 6.49. The van der Waals surface area contributed by atoms with Gasteiger partial charge in [0.1, 0.15) is 6.10 Å². The molecule has 0 N–H and O–H groups in total. The van der Waals surface area contributed by atoms with E-state index in [2.05, 4.69) is 12.8 Å². The third-order valence-corrected chi connectivity index (χ3v) is 3.17. The van der Waals surface area contributed by atoms with Crippen molar-refractivity contribution >= 4 is 6.16 Å². The fraction of sp³-hybridized carbons (Fsp3) is 0.800. The average molecular weight is 268 g/mol. The topological polar surface area (TPSA) is 44.8 Å². The van der Waals surface area contributed by atoms with E-state index in [0.29, 0.717) is 19.6 Å². The minimum absolute atomic E-state index is 0.359.